The number of aliphatic hydroxyl groups is 1. The van der Waals surface area contributed by atoms with Gasteiger partial charge in [-0.05, 0) is 43.5 Å². The van der Waals surface area contributed by atoms with Gasteiger partial charge in [-0.25, -0.2) is 0 Å². The molecule has 1 aliphatic heterocycles. The fourth-order valence-corrected chi connectivity index (χ4v) is 2.43. The van der Waals surface area contributed by atoms with E-state index in [4.69, 9.17) is 11.6 Å². The highest BCUT2D eigenvalue weighted by Crippen LogP contribution is 2.21. The Morgan fingerprint density at radius 3 is 3.06 bits per heavy atom. The summed E-state index contributed by atoms with van der Waals surface area (Å²) in [5.41, 5.74) is 2.42. The molecule has 1 atom stereocenters. The summed E-state index contributed by atoms with van der Waals surface area (Å²) in [7, 11) is 0. The second kappa shape index (κ2) is 5.17. The Morgan fingerprint density at radius 1 is 1.50 bits per heavy atom. The molecule has 0 spiro atoms. The van der Waals surface area contributed by atoms with Crippen LogP contribution in [0.4, 0.5) is 0 Å². The number of piperidine rings is 1. The third kappa shape index (κ3) is 2.76. The molecule has 1 saturated heterocycles. The number of halogens is 1. The van der Waals surface area contributed by atoms with Gasteiger partial charge in [0.15, 0.2) is 0 Å². The Hall–Kier alpha value is -0.570. The lowest BCUT2D eigenvalue weighted by Crippen LogP contribution is -2.37. The van der Waals surface area contributed by atoms with Gasteiger partial charge in [0.2, 0.25) is 0 Å². The molecule has 0 bridgehead atoms. The van der Waals surface area contributed by atoms with E-state index in [2.05, 4.69) is 17.9 Å². The van der Waals surface area contributed by atoms with Crippen LogP contribution in [0.25, 0.3) is 0 Å². The maximum atomic E-state index is 9.61. The van der Waals surface area contributed by atoms with Gasteiger partial charge >= 0.3 is 0 Å². The van der Waals surface area contributed by atoms with E-state index in [9.17, 15) is 5.11 Å². The second-order valence-electron chi connectivity index (χ2n) is 4.56. The first-order chi connectivity index (χ1) is 7.66. The first-order valence-corrected chi connectivity index (χ1v) is 6.19. The number of likely N-dealkylation sites (tertiary alicyclic amines) is 1. The predicted molar refractivity (Wildman–Crippen MR) is 66.7 cm³/mol. The molecule has 0 aliphatic carbocycles. The maximum Gasteiger partial charge on any atom is 0.0667 e. The van der Waals surface area contributed by atoms with E-state index in [1.807, 2.05) is 12.1 Å². The molecular weight excluding hydrogens is 222 g/mol. The van der Waals surface area contributed by atoms with Crippen LogP contribution in [0.15, 0.2) is 18.2 Å². The van der Waals surface area contributed by atoms with Gasteiger partial charge in [0.25, 0.3) is 0 Å². The van der Waals surface area contributed by atoms with Crippen LogP contribution in [0.1, 0.15) is 24.0 Å². The molecule has 1 N–H and O–H groups in total. The van der Waals surface area contributed by atoms with Crippen LogP contribution in [0.3, 0.4) is 0 Å². The van der Waals surface area contributed by atoms with Gasteiger partial charge in [-0.2, -0.15) is 0 Å². The van der Waals surface area contributed by atoms with E-state index >= 15 is 0 Å². The van der Waals surface area contributed by atoms with Gasteiger partial charge in [0.05, 0.1) is 6.10 Å². The standard InChI is InChI=1S/C13H18ClNO/c1-10-11(4-2-6-13(10)14)8-15-7-3-5-12(16)9-15/h2,4,6,12,16H,3,5,7-9H2,1H3. The number of benzene rings is 1. The van der Waals surface area contributed by atoms with Crippen molar-refractivity contribution in [1.82, 2.24) is 4.90 Å². The summed E-state index contributed by atoms with van der Waals surface area (Å²) >= 11 is 6.09. The third-order valence-electron chi connectivity index (χ3n) is 3.25. The van der Waals surface area contributed by atoms with Crippen molar-refractivity contribution in [2.75, 3.05) is 13.1 Å². The lowest BCUT2D eigenvalue weighted by molar-refractivity contribution is 0.0667. The second-order valence-corrected chi connectivity index (χ2v) is 4.96. The van der Waals surface area contributed by atoms with Crippen molar-refractivity contribution in [3.8, 4) is 0 Å². The number of rotatable bonds is 2. The van der Waals surface area contributed by atoms with Crippen molar-refractivity contribution in [3.63, 3.8) is 0 Å². The highest BCUT2D eigenvalue weighted by molar-refractivity contribution is 6.31. The number of hydrogen-bond donors (Lipinski definition) is 1. The molecule has 16 heavy (non-hydrogen) atoms. The van der Waals surface area contributed by atoms with E-state index in [0.717, 1.165) is 43.1 Å². The van der Waals surface area contributed by atoms with Gasteiger partial charge in [-0.15, -0.1) is 0 Å². The van der Waals surface area contributed by atoms with Crippen molar-refractivity contribution in [3.05, 3.63) is 34.3 Å². The molecule has 1 heterocycles. The molecule has 3 heteroatoms. The molecule has 0 radical (unpaired) electrons. The lowest BCUT2D eigenvalue weighted by atomic mass is 10.0. The predicted octanol–water partition coefficient (Wildman–Crippen LogP) is 2.61. The zero-order valence-corrected chi connectivity index (χ0v) is 10.4. The summed E-state index contributed by atoms with van der Waals surface area (Å²) in [5, 5.41) is 10.4. The quantitative estimate of drug-likeness (QED) is 0.858. The van der Waals surface area contributed by atoms with Crippen molar-refractivity contribution < 1.29 is 5.11 Å². The van der Waals surface area contributed by atoms with E-state index < -0.39 is 0 Å². The fourth-order valence-electron chi connectivity index (χ4n) is 2.24. The number of hydrogen-bond acceptors (Lipinski definition) is 2. The molecular formula is C13H18ClNO. The monoisotopic (exact) mass is 239 g/mol. The van der Waals surface area contributed by atoms with Crippen LogP contribution in [0, 0.1) is 6.92 Å². The SMILES string of the molecule is Cc1c(Cl)cccc1CN1CCCC(O)C1. The van der Waals surface area contributed by atoms with E-state index in [-0.39, 0.29) is 6.10 Å². The van der Waals surface area contributed by atoms with Crippen LogP contribution in [0.2, 0.25) is 5.02 Å². The van der Waals surface area contributed by atoms with Crippen LogP contribution >= 0.6 is 11.6 Å². The summed E-state index contributed by atoms with van der Waals surface area (Å²) in [6.07, 6.45) is 1.86. The lowest BCUT2D eigenvalue weighted by Gasteiger charge is -2.30. The zero-order valence-electron chi connectivity index (χ0n) is 9.62. The molecule has 1 fully saturated rings. The Bertz CT molecular complexity index is 367. The maximum absolute atomic E-state index is 9.61. The summed E-state index contributed by atoms with van der Waals surface area (Å²) in [6, 6.07) is 6.03. The van der Waals surface area contributed by atoms with E-state index in [1.165, 1.54) is 5.56 Å². The van der Waals surface area contributed by atoms with Gasteiger partial charge in [-0.3, -0.25) is 4.90 Å². The van der Waals surface area contributed by atoms with Crippen LogP contribution in [-0.4, -0.2) is 29.2 Å². The van der Waals surface area contributed by atoms with Crippen LogP contribution in [0.5, 0.6) is 0 Å². The van der Waals surface area contributed by atoms with Crippen LogP contribution < -0.4 is 0 Å². The summed E-state index contributed by atoms with van der Waals surface area (Å²) < 4.78 is 0. The minimum absolute atomic E-state index is 0.159. The fraction of sp³-hybridized carbons (Fsp3) is 0.538. The van der Waals surface area contributed by atoms with Gasteiger partial charge in [0.1, 0.15) is 0 Å². The Labute approximate surface area is 102 Å². The molecule has 1 aromatic carbocycles. The van der Waals surface area contributed by atoms with Gasteiger partial charge < -0.3 is 5.11 Å². The minimum Gasteiger partial charge on any atom is -0.392 e. The highest BCUT2D eigenvalue weighted by atomic mass is 35.5. The molecule has 1 aliphatic rings. The average molecular weight is 240 g/mol. The Balaban J connectivity index is 2.05. The van der Waals surface area contributed by atoms with E-state index in [0.29, 0.717) is 0 Å². The molecule has 0 aromatic heterocycles. The molecule has 1 unspecified atom stereocenters. The molecule has 2 nitrogen and oxygen atoms in total. The molecule has 1 aromatic rings. The van der Waals surface area contributed by atoms with Gasteiger partial charge in [0, 0.05) is 18.1 Å². The zero-order chi connectivity index (χ0) is 11.5. The normalized spacial score (nSPS) is 22.3. The average Bonchev–Trinajstić information content (AvgIpc) is 2.25. The largest absolute Gasteiger partial charge is 0.392 e. The molecule has 88 valence electrons. The van der Waals surface area contributed by atoms with Crippen molar-refractivity contribution in [2.24, 2.45) is 0 Å². The molecule has 2 rings (SSSR count). The summed E-state index contributed by atoms with van der Waals surface area (Å²) in [5.74, 6) is 0. The van der Waals surface area contributed by atoms with Crippen LogP contribution in [-0.2, 0) is 6.54 Å². The van der Waals surface area contributed by atoms with Crippen molar-refractivity contribution in [2.45, 2.75) is 32.4 Å². The number of nitrogens with zero attached hydrogens (tertiary/aromatic N) is 1. The van der Waals surface area contributed by atoms with E-state index in [1.54, 1.807) is 0 Å². The first kappa shape index (κ1) is 11.9. The third-order valence-corrected chi connectivity index (χ3v) is 3.66. The minimum atomic E-state index is -0.159. The molecule has 0 saturated carbocycles. The highest BCUT2D eigenvalue weighted by Gasteiger charge is 2.18. The first-order valence-electron chi connectivity index (χ1n) is 5.81. The van der Waals surface area contributed by atoms with Crippen molar-refractivity contribution in [1.29, 1.82) is 0 Å². The van der Waals surface area contributed by atoms with Crippen molar-refractivity contribution >= 4 is 11.6 Å². The molecule has 0 amide bonds. The topological polar surface area (TPSA) is 23.5 Å². The Morgan fingerprint density at radius 2 is 2.31 bits per heavy atom. The Kier molecular flexibility index (Phi) is 3.85. The number of aliphatic hydroxyl groups excluding tert-OH is 1. The summed E-state index contributed by atoms with van der Waals surface area (Å²) in [4.78, 5) is 2.30. The number of β-amino-alcohol motifs (C(OH)–C–C–N with tert-alkyl or cyclic N) is 1. The van der Waals surface area contributed by atoms with Gasteiger partial charge in [-0.1, -0.05) is 23.7 Å². The summed E-state index contributed by atoms with van der Waals surface area (Å²) in [6.45, 7) is 4.80. The smallest absolute Gasteiger partial charge is 0.0667 e.